The Hall–Kier alpha value is -1.12. The maximum Gasteiger partial charge on any atom is 0.236 e. The maximum absolute atomic E-state index is 11.6. The van der Waals surface area contributed by atoms with Crippen molar-refractivity contribution in [3.05, 3.63) is 0 Å². The van der Waals surface area contributed by atoms with Crippen LogP contribution in [0.1, 0.15) is 12.8 Å². The number of unbranched alkanes of at least 4 members (excludes halogenated alkanes) is 1. The van der Waals surface area contributed by atoms with Gasteiger partial charge in [0.25, 0.3) is 0 Å². The lowest BCUT2D eigenvalue weighted by molar-refractivity contribution is -0.131. The van der Waals surface area contributed by atoms with Crippen LogP contribution in [0.15, 0.2) is 0 Å². The van der Waals surface area contributed by atoms with Gasteiger partial charge in [-0.05, 0) is 20.0 Å². The Bertz CT molecular complexity index is 253. The van der Waals surface area contributed by atoms with Crippen LogP contribution in [0.5, 0.6) is 0 Å². The van der Waals surface area contributed by atoms with Crippen LogP contribution in [0.25, 0.3) is 0 Å². The Morgan fingerprint density at radius 1 is 1.38 bits per heavy atom. The van der Waals surface area contributed by atoms with E-state index in [9.17, 15) is 4.79 Å². The van der Waals surface area contributed by atoms with Crippen LogP contribution in [0, 0.1) is 11.3 Å². The number of carbonyl (C=O) groups excluding carboxylic acids is 1. The van der Waals surface area contributed by atoms with Crippen molar-refractivity contribution in [3.63, 3.8) is 0 Å². The van der Waals surface area contributed by atoms with Crippen LogP contribution in [-0.2, 0) is 4.79 Å². The summed E-state index contributed by atoms with van der Waals surface area (Å²) in [5.74, 6) is 0.180. The first-order valence-corrected chi connectivity index (χ1v) is 5.79. The van der Waals surface area contributed by atoms with Crippen LogP contribution in [-0.4, -0.2) is 62.0 Å². The van der Waals surface area contributed by atoms with Gasteiger partial charge in [0.15, 0.2) is 0 Å². The Morgan fingerprint density at radius 3 is 2.62 bits per heavy atom. The lowest BCUT2D eigenvalue weighted by Gasteiger charge is -2.34. The molecule has 0 saturated carbocycles. The summed E-state index contributed by atoms with van der Waals surface area (Å²) in [6, 6.07) is 2.15. The third kappa shape index (κ3) is 4.17. The Kier molecular flexibility index (Phi) is 5.83. The fourth-order valence-electron chi connectivity index (χ4n) is 1.87. The van der Waals surface area contributed by atoms with Gasteiger partial charge in [0, 0.05) is 32.6 Å². The van der Waals surface area contributed by atoms with Crippen molar-refractivity contribution in [1.29, 1.82) is 5.26 Å². The summed E-state index contributed by atoms with van der Waals surface area (Å²) >= 11 is 0. The second-order valence-electron chi connectivity index (χ2n) is 4.01. The van der Waals surface area contributed by atoms with Crippen LogP contribution < -0.4 is 5.32 Å². The molecular weight excluding hydrogens is 204 g/mol. The first kappa shape index (κ1) is 12.9. The zero-order valence-corrected chi connectivity index (χ0v) is 9.91. The minimum atomic E-state index is 0.180. The van der Waals surface area contributed by atoms with Gasteiger partial charge in [-0.1, -0.05) is 0 Å². The molecule has 1 heterocycles. The highest BCUT2D eigenvalue weighted by molar-refractivity contribution is 5.78. The number of amides is 1. The lowest BCUT2D eigenvalue weighted by Crippen LogP contribution is -2.50. The van der Waals surface area contributed by atoms with Crippen molar-refractivity contribution in [3.8, 4) is 6.07 Å². The van der Waals surface area contributed by atoms with Crippen molar-refractivity contribution < 1.29 is 4.79 Å². The third-order valence-electron chi connectivity index (χ3n) is 2.82. The molecule has 1 amide bonds. The van der Waals surface area contributed by atoms with Crippen molar-refractivity contribution in [2.24, 2.45) is 0 Å². The van der Waals surface area contributed by atoms with Crippen LogP contribution in [0.2, 0.25) is 0 Å². The summed E-state index contributed by atoms with van der Waals surface area (Å²) in [5.41, 5.74) is 0. The van der Waals surface area contributed by atoms with Gasteiger partial charge in [-0.3, -0.25) is 9.69 Å². The van der Waals surface area contributed by atoms with E-state index < -0.39 is 0 Å². The summed E-state index contributed by atoms with van der Waals surface area (Å²) in [6.07, 6.45) is 1.56. The van der Waals surface area contributed by atoms with E-state index in [-0.39, 0.29) is 5.91 Å². The number of nitrogens with zero attached hydrogens (tertiary/aromatic N) is 3. The molecule has 1 aliphatic heterocycles. The number of hydrogen-bond acceptors (Lipinski definition) is 4. The molecule has 5 nitrogen and oxygen atoms in total. The van der Waals surface area contributed by atoms with Crippen LogP contribution in [0.4, 0.5) is 0 Å². The largest absolute Gasteiger partial charge is 0.339 e. The molecule has 90 valence electrons. The fraction of sp³-hybridized carbons (Fsp3) is 0.818. The van der Waals surface area contributed by atoms with Gasteiger partial charge in [0.05, 0.1) is 12.6 Å². The van der Waals surface area contributed by atoms with E-state index in [0.717, 1.165) is 39.1 Å². The highest BCUT2D eigenvalue weighted by Crippen LogP contribution is 2.03. The molecule has 0 aromatic heterocycles. The van der Waals surface area contributed by atoms with E-state index in [1.807, 2.05) is 4.90 Å². The van der Waals surface area contributed by atoms with Gasteiger partial charge in [0.2, 0.25) is 5.91 Å². The topological polar surface area (TPSA) is 59.4 Å². The number of rotatable bonds is 5. The van der Waals surface area contributed by atoms with E-state index in [1.165, 1.54) is 0 Å². The number of nitriles is 1. The second kappa shape index (κ2) is 7.20. The lowest BCUT2D eigenvalue weighted by atomic mass is 10.2. The minimum absolute atomic E-state index is 0.180. The van der Waals surface area contributed by atoms with E-state index in [0.29, 0.717) is 13.0 Å². The summed E-state index contributed by atoms with van der Waals surface area (Å²) in [5, 5.41) is 11.3. The molecule has 16 heavy (non-hydrogen) atoms. The molecule has 0 aromatic rings. The standard InChI is InChI=1S/C11H20N4O/c1-13-10-11(16)15-8-6-14(7-9-15)5-3-2-4-12/h13H,2-3,5-10H2,1H3. The quantitative estimate of drug-likeness (QED) is 0.649. The van der Waals surface area contributed by atoms with Crippen molar-refractivity contribution in [2.75, 3.05) is 46.3 Å². The van der Waals surface area contributed by atoms with E-state index >= 15 is 0 Å². The molecule has 1 aliphatic rings. The Labute approximate surface area is 97.0 Å². The molecule has 1 fully saturated rings. The number of likely N-dealkylation sites (N-methyl/N-ethyl adjacent to an activating group) is 1. The smallest absolute Gasteiger partial charge is 0.236 e. The summed E-state index contributed by atoms with van der Waals surface area (Å²) in [4.78, 5) is 15.8. The maximum atomic E-state index is 11.6. The SMILES string of the molecule is CNCC(=O)N1CCN(CCCC#N)CC1. The fourth-order valence-corrected chi connectivity index (χ4v) is 1.87. The van der Waals surface area contributed by atoms with Gasteiger partial charge >= 0.3 is 0 Å². The first-order valence-electron chi connectivity index (χ1n) is 5.79. The molecule has 1 saturated heterocycles. The van der Waals surface area contributed by atoms with Crippen molar-refractivity contribution in [1.82, 2.24) is 15.1 Å². The van der Waals surface area contributed by atoms with Crippen molar-refractivity contribution in [2.45, 2.75) is 12.8 Å². The van der Waals surface area contributed by atoms with Gasteiger partial charge in [0.1, 0.15) is 0 Å². The molecule has 1 N–H and O–H groups in total. The highest BCUT2D eigenvalue weighted by atomic mass is 16.2. The minimum Gasteiger partial charge on any atom is -0.339 e. The normalized spacial score (nSPS) is 17.1. The number of piperazine rings is 1. The molecule has 0 bridgehead atoms. The Balaban J connectivity index is 2.18. The van der Waals surface area contributed by atoms with Gasteiger partial charge < -0.3 is 10.2 Å². The molecule has 0 spiro atoms. The van der Waals surface area contributed by atoms with Crippen LogP contribution in [0.3, 0.4) is 0 Å². The monoisotopic (exact) mass is 224 g/mol. The average molecular weight is 224 g/mol. The molecule has 0 aliphatic carbocycles. The predicted octanol–water partition coefficient (Wildman–Crippen LogP) is -0.346. The summed E-state index contributed by atoms with van der Waals surface area (Å²) in [7, 11) is 1.79. The predicted molar refractivity (Wildman–Crippen MR) is 61.8 cm³/mol. The van der Waals surface area contributed by atoms with Gasteiger partial charge in [-0.2, -0.15) is 5.26 Å². The first-order chi connectivity index (χ1) is 7.77. The molecular formula is C11H20N4O. The van der Waals surface area contributed by atoms with E-state index in [1.54, 1.807) is 7.05 Å². The molecule has 5 heteroatoms. The van der Waals surface area contributed by atoms with E-state index in [4.69, 9.17) is 5.26 Å². The number of carbonyl (C=O) groups is 1. The van der Waals surface area contributed by atoms with E-state index in [2.05, 4.69) is 16.3 Å². The number of nitrogens with one attached hydrogen (secondary N) is 1. The van der Waals surface area contributed by atoms with Crippen LogP contribution >= 0.6 is 0 Å². The zero-order valence-electron chi connectivity index (χ0n) is 9.91. The molecule has 0 unspecified atom stereocenters. The molecule has 0 radical (unpaired) electrons. The Morgan fingerprint density at radius 2 is 2.06 bits per heavy atom. The second-order valence-corrected chi connectivity index (χ2v) is 4.01. The molecule has 0 atom stereocenters. The zero-order chi connectivity index (χ0) is 11.8. The summed E-state index contributed by atoms with van der Waals surface area (Å²) in [6.45, 7) is 4.89. The molecule has 1 rings (SSSR count). The van der Waals surface area contributed by atoms with Crippen molar-refractivity contribution >= 4 is 5.91 Å². The van der Waals surface area contributed by atoms with Gasteiger partial charge in [-0.25, -0.2) is 0 Å². The highest BCUT2D eigenvalue weighted by Gasteiger charge is 2.19. The van der Waals surface area contributed by atoms with Gasteiger partial charge in [-0.15, -0.1) is 0 Å². The third-order valence-corrected chi connectivity index (χ3v) is 2.82. The average Bonchev–Trinajstić information content (AvgIpc) is 2.30. The number of hydrogen-bond donors (Lipinski definition) is 1. The summed E-state index contributed by atoms with van der Waals surface area (Å²) < 4.78 is 0. The molecule has 0 aromatic carbocycles.